The first-order valence-electron chi connectivity index (χ1n) is 7.71. The van der Waals surface area contributed by atoms with Gasteiger partial charge in [0, 0.05) is 13.6 Å². The van der Waals surface area contributed by atoms with E-state index in [1.54, 1.807) is 18.8 Å². The fraction of sp³-hybridized carbons (Fsp3) is 0.267. The second kappa shape index (κ2) is 6.45. The molecule has 0 saturated carbocycles. The summed E-state index contributed by atoms with van der Waals surface area (Å²) in [5.41, 5.74) is 0.737. The van der Waals surface area contributed by atoms with Crippen LogP contribution in [-0.4, -0.2) is 35.9 Å². The van der Waals surface area contributed by atoms with Crippen LogP contribution in [0.5, 0.6) is 0 Å². The first-order chi connectivity index (χ1) is 12.2. The lowest BCUT2D eigenvalue weighted by Crippen LogP contribution is -2.20. The normalized spacial score (nSPS) is 11.4. The first-order valence-corrected chi connectivity index (χ1v) is 9.51. The molecule has 4 aromatic rings. The lowest BCUT2D eigenvalue weighted by molar-refractivity contribution is 0.857. The van der Waals surface area contributed by atoms with Crippen molar-refractivity contribution in [1.82, 2.24) is 29.4 Å². The highest BCUT2D eigenvalue weighted by molar-refractivity contribution is 8.00. The Bertz CT molecular complexity index is 1110. The summed E-state index contributed by atoms with van der Waals surface area (Å²) >= 11 is 3.06. The summed E-state index contributed by atoms with van der Waals surface area (Å²) < 4.78 is 4.31. The molecule has 0 aliphatic heterocycles. The van der Waals surface area contributed by atoms with Crippen molar-refractivity contribution in [3.8, 4) is 0 Å². The molecule has 3 aromatic heterocycles. The summed E-state index contributed by atoms with van der Waals surface area (Å²) in [6, 6.07) is 7.50. The van der Waals surface area contributed by atoms with Crippen molar-refractivity contribution in [1.29, 1.82) is 0 Å². The fourth-order valence-corrected chi connectivity index (χ4v) is 4.34. The topological polar surface area (TPSA) is 90.0 Å². The highest BCUT2D eigenvalue weighted by Gasteiger charge is 2.15. The Hall–Kier alpha value is -2.46. The van der Waals surface area contributed by atoms with E-state index in [9.17, 15) is 4.79 Å². The first kappa shape index (κ1) is 16.0. The highest BCUT2D eigenvalue weighted by atomic mass is 32.2. The zero-order chi connectivity index (χ0) is 17.4. The van der Waals surface area contributed by atoms with Gasteiger partial charge in [-0.05, 0) is 19.1 Å². The molecular formula is C15H15N7OS2. The summed E-state index contributed by atoms with van der Waals surface area (Å²) in [5, 5.41) is 21.3. The van der Waals surface area contributed by atoms with Gasteiger partial charge in [-0.2, -0.15) is 0 Å². The van der Waals surface area contributed by atoms with E-state index < -0.39 is 0 Å². The fourth-order valence-electron chi connectivity index (χ4n) is 2.60. The quantitative estimate of drug-likeness (QED) is 0.536. The molecule has 0 aliphatic rings. The SMILES string of the molecule is CCNc1nnc(SCc2nnc3n(C)c(=O)c4ccccc4n23)s1. The van der Waals surface area contributed by atoms with E-state index in [0.717, 1.165) is 27.4 Å². The van der Waals surface area contributed by atoms with Crippen molar-refractivity contribution in [2.75, 3.05) is 11.9 Å². The smallest absolute Gasteiger partial charge is 0.262 e. The maximum Gasteiger partial charge on any atom is 0.262 e. The van der Waals surface area contributed by atoms with Gasteiger partial charge >= 0.3 is 0 Å². The number of rotatable bonds is 5. The number of aromatic nitrogens is 6. The van der Waals surface area contributed by atoms with Crippen molar-refractivity contribution in [3.63, 3.8) is 0 Å². The number of fused-ring (bicyclic) bond motifs is 3. The molecule has 10 heteroatoms. The molecule has 0 unspecified atom stereocenters. The Kier molecular flexibility index (Phi) is 4.14. The minimum atomic E-state index is -0.0749. The number of hydrogen-bond donors (Lipinski definition) is 1. The largest absolute Gasteiger partial charge is 0.360 e. The number of anilines is 1. The Morgan fingerprint density at radius 1 is 1.20 bits per heavy atom. The molecule has 1 aromatic carbocycles. The van der Waals surface area contributed by atoms with Crippen LogP contribution in [-0.2, 0) is 12.8 Å². The van der Waals surface area contributed by atoms with E-state index in [-0.39, 0.29) is 5.56 Å². The third-order valence-corrected chi connectivity index (χ3v) is 5.76. The van der Waals surface area contributed by atoms with Gasteiger partial charge in [0.05, 0.1) is 16.7 Å². The Labute approximate surface area is 150 Å². The Balaban J connectivity index is 1.74. The molecule has 0 amide bonds. The minimum absolute atomic E-state index is 0.0749. The van der Waals surface area contributed by atoms with Crippen LogP contribution in [0.25, 0.3) is 16.7 Å². The van der Waals surface area contributed by atoms with Crippen molar-refractivity contribution >= 4 is 44.9 Å². The van der Waals surface area contributed by atoms with Crippen LogP contribution < -0.4 is 10.9 Å². The Morgan fingerprint density at radius 2 is 2.04 bits per heavy atom. The van der Waals surface area contributed by atoms with Gasteiger partial charge in [-0.1, -0.05) is 35.2 Å². The number of hydrogen-bond acceptors (Lipinski definition) is 8. The zero-order valence-electron chi connectivity index (χ0n) is 13.6. The molecule has 128 valence electrons. The predicted molar refractivity (Wildman–Crippen MR) is 99.4 cm³/mol. The summed E-state index contributed by atoms with van der Waals surface area (Å²) in [7, 11) is 1.71. The molecule has 0 spiro atoms. The standard InChI is InChI=1S/C15H15N7OS2/c1-3-16-13-18-20-15(25-13)24-8-11-17-19-14-21(2)12(23)9-6-4-5-7-10(9)22(11)14/h4-7H,3,8H2,1-2H3,(H,16,18). The number of thioether (sulfide) groups is 1. The van der Waals surface area contributed by atoms with Crippen LogP contribution in [0.2, 0.25) is 0 Å². The number of nitrogens with one attached hydrogen (secondary N) is 1. The van der Waals surface area contributed by atoms with Crippen molar-refractivity contribution in [2.45, 2.75) is 17.0 Å². The van der Waals surface area contributed by atoms with Gasteiger partial charge in [-0.25, -0.2) is 0 Å². The van der Waals surface area contributed by atoms with Gasteiger partial charge in [0.15, 0.2) is 4.34 Å². The minimum Gasteiger partial charge on any atom is -0.360 e. The van der Waals surface area contributed by atoms with E-state index in [1.807, 2.05) is 35.6 Å². The lowest BCUT2D eigenvalue weighted by atomic mass is 10.2. The third-order valence-electron chi connectivity index (χ3n) is 3.75. The van der Waals surface area contributed by atoms with Crippen LogP contribution in [0.1, 0.15) is 12.7 Å². The average Bonchev–Trinajstić information content (AvgIpc) is 3.25. The monoisotopic (exact) mass is 373 g/mol. The van der Waals surface area contributed by atoms with E-state index in [1.165, 1.54) is 15.9 Å². The van der Waals surface area contributed by atoms with Crippen LogP contribution >= 0.6 is 23.1 Å². The van der Waals surface area contributed by atoms with Gasteiger partial charge in [0.25, 0.3) is 5.56 Å². The second-order valence-electron chi connectivity index (χ2n) is 5.33. The summed E-state index contributed by atoms with van der Waals surface area (Å²) in [5.74, 6) is 1.89. The summed E-state index contributed by atoms with van der Waals surface area (Å²) in [4.78, 5) is 12.4. The molecule has 4 rings (SSSR count). The molecular weight excluding hydrogens is 358 g/mol. The molecule has 0 aliphatic carbocycles. The molecule has 0 radical (unpaired) electrons. The van der Waals surface area contributed by atoms with Crippen molar-refractivity contribution < 1.29 is 0 Å². The number of nitrogens with zero attached hydrogens (tertiary/aromatic N) is 6. The molecule has 8 nitrogen and oxygen atoms in total. The molecule has 25 heavy (non-hydrogen) atoms. The molecule has 0 bridgehead atoms. The van der Waals surface area contributed by atoms with Crippen LogP contribution in [0.4, 0.5) is 5.13 Å². The van der Waals surface area contributed by atoms with E-state index in [4.69, 9.17) is 0 Å². The number of benzene rings is 1. The van der Waals surface area contributed by atoms with Crippen LogP contribution in [0.15, 0.2) is 33.4 Å². The number of aryl methyl sites for hydroxylation is 1. The summed E-state index contributed by atoms with van der Waals surface area (Å²) in [6.07, 6.45) is 0. The Morgan fingerprint density at radius 3 is 2.88 bits per heavy atom. The zero-order valence-corrected chi connectivity index (χ0v) is 15.3. The van der Waals surface area contributed by atoms with Crippen LogP contribution in [0.3, 0.4) is 0 Å². The maximum absolute atomic E-state index is 12.4. The molecule has 3 heterocycles. The second-order valence-corrected chi connectivity index (χ2v) is 7.53. The number of para-hydroxylation sites is 1. The highest BCUT2D eigenvalue weighted by Crippen LogP contribution is 2.28. The van der Waals surface area contributed by atoms with E-state index >= 15 is 0 Å². The van der Waals surface area contributed by atoms with Crippen LogP contribution in [0, 0.1) is 0 Å². The summed E-state index contributed by atoms with van der Waals surface area (Å²) in [6.45, 7) is 2.83. The average molecular weight is 373 g/mol. The van der Waals surface area contributed by atoms with Crippen molar-refractivity contribution in [3.05, 3.63) is 40.4 Å². The lowest BCUT2D eigenvalue weighted by Gasteiger charge is -2.07. The molecule has 0 fully saturated rings. The third kappa shape index (κ3) is 2.76. The molecule has 0 atom stereocenters. The maximum atomic E-state index is 12.4. The van der Waals surface area contributed by atoms with Gasteiger partial charge in [-0.15, -0.1) is 20.4 Å². The van der Waals surface area contributed by atoms with Gasteiger partial charge in [0.1, 0.15) is 5.82 Å². The van der Waals surface area contributed by atoms with Gasteiger partial charge < -0.3 is 5.32 Å². The van der Waals surface area contributed by atoms with E-state index in [0.29, 0.717) is 16.9 Å². The predicted octanol–water partition coefficient (Wildman–Crippen LogP) is 2.16. The van der Waals surface area contributed by atoms with E-state index in [2.05, 4.69) is 25.7 Å². The van der Waals surface area contributed by atoms with Gasteiger partial charge in [-0.3, -0.25) is 13.8 Å². The van der Waals surface area contributed by atoms with Gasteiger partial charge in [0.2, 0.25) is 10.9 Å². The molecule has 1 N–H and O–H groups in total. The molecule has 0 saturated heterocycles. The van der Waals surface area contributed by atoms with Crippen molar-refractivity contribution in [2.24, 2.45) is 7.05 Å².